The van der Waals surface area contributed by atoms with Crippen molar-refractivity contribution in [1.82, 2.24) is 4.90 Å². The first kappa shape index (κ1) is 26.2. The number of benzene rings is 2. The number of halogens is 7. The molecule has 0 radical (unpaired) electrons. The van der Waals surface area contributed by atoms with Crippen LogP contribution < -0.4 is 0 Å². The van der Waals surface area contributed by atoms with Crippen molar-refractivity contribution in [1.29, 1.82) is 0 Å². The molecule has 4 unspecified atom stereocenters. The highest BCUT2D eigenvalue weighted by Crippen LogP contribution is 2.49. The van der Waals surface area contributed by atoms with Crippen molar-refractivity contribution >= 4 is 6.09 Å². The number of likely N-dealkylation sites (tertiary alicyclic amines) is 1. The van der Waals surface area contributed by atoms with Crippen molar-refractivity contribution < 1.29 is 45.4 Å². The van der Waals surface area contributed by atoms with Crippen LogP contribution in [-0.2, 0) is 17.1 Å². The number of carboxylic acid groups (broad SMARTS) is 1. The largest absolute Gasteiger partial charge is 0.465 e. The predicted octanol–water partition coefficient (Wildman–Crippen LogP) is 7.46. The van der Waals surface area contributed by atoms with Gasteiger partial charge < -0.3 is 9.84 Å². The van der Waals surface area contributed by atoms with E-state index in [1.54, 1.807) is 12.1 Å². The molecule has 1 saturated carbocycles. The van der Waals surface area contributed by atoms with Gasteiger partial charge in [0.25, 0.3) is 0 Å². The highest BCUT2D eigenvalue weighted by Gasteiger charge is 2.50. The molecule has 1 N–H and O–H groups in total. The molecule has 11 heteroatoms. The number of hydrogen-bond donors (Lipinski definition) is 1. The molecule has 4 nitrogen and oxygen atoms in total. The van der Waals surface area contributed by atoms with E-state index < -0.39 is 47.7 Å². The van der Waals surface area contributed by atoms with Crippen molar-refractivity contribution in [2.45, 2.75) is 56.8 Å². The third-order valence-electron chi connectivity index (χ3n) is 7.17. The molecule has 0 aromatic heterocycles. The number of carbonyl (C=O) groups is 1. The van der Waals surface area contributed by atoms with Crippen molar-refractivity contribution in [3.63, 3.8) is 0 Å². The molecule has 1 aliphatic carbocycles. The number of rotatable bonds is 4. The van der Waals surface area contributed by atoms with Crippen LogP contribution in [0.5, 0.6) is 0 Å². The van der Waals surface area contributed by atoms with Crippen LogP contribution in [0.3, 0.4) is 0 Å². The van der Waals surface area contributed by atoms with Gasteiger partial charge in [-0.25, -0.2) is 9.18 Å². The van der Waals surface area contributed by atoms with Crippen molar-refractivity contribution in [2.75, 3.05) is 6.54 Å². The van der Waals surface area contributed by atoms with Gasteiger partial charge in [-0.15, -0.1) is 0 Å². The molecule has 1 heterocycles. The first-order chi connectivity index (χ1) is 16.8. The number of ether oxygens (including phenoxy) is 1. The van der Waals surface area contributed by atoms with E-state index in [2.05, 4.69) is 0 Å². The lowest BCUT2D eigenvalue weighted by Crippen LogP contribution is -2.39. The van der Waals surface area contributed by atoms with Gasteiger partial charge in [0, 0.05) is 12.5 Å². The molecule has 4 rings (SSSR count). The Morgan fingerprint density at radius 3 is 2.08 bits per heavy atom. The second kappa shape index (κ2) is 9.57. The predicted molar refractivity (Wildman–Crippen MR) is 114 cm³/mol. The van der Waals surface area contributed by atoms with Crippen molar-refractivity contribution in [3.8, 4) is 0 Å². The summed E-state index contributed by atoms with van der Waals surface area (Å²) in [5.41, 5.74) is -2.43. The molecule has 1 aliphatic heterocycles. The van der Waals surface area contributed by atoms with E-state index in [1.165, 1.54) is 19.1 Å². The van der Waals surface area contributed by atoms with Gasteiger partial charge in [-0.1, -0.05) is 18.6 Å². The Morgan fingerprint density at radius 2 is 1.56 bits per heavy atom. The molecular formula is C25H24F7NO3. The van der Waals surface area contributed by atoms with E-state index in [-0.39, 0.29) is 35.9 Å². The van der Waals surface area contributed by atoms with Crippen LogP contribution in [-0.4, -0.2) is 28.9 Å². The Kier molecular flexibility index (Phi) is 6.98. The zero-order chi connectivity index (χ0) is 26.4. The van der Waals surface area contributed by atoms with E-state index in [0.717, 1.165) is 16.9 Å². The zero-order valence-electron chi connectivity index (χ0n) is 19.1. The monoisotopic (exact) mass is 519 g/mol. The summed E-state index contributed by atoms with van der Waals surface area (Å²) < 4.78 is 99.2. The third-order valence-corrected chi connectivity index (χ3v) is 7.17. The lowest BCUT2D eigenvalue weighted by Gasteiger charge is -2.36. The number of hydrogen-bond acceptors (Lipinski definition) is 2. The standard InChI is InChI=1S/C25H24F7NO3/c1-13(15-9-16(24(27,28)29)11-17(10-15)25(30,31)32)36-22-20-4-2-3-19(14-5-7-18(26)8-6-14)21(20)12-33(22)23(34)35/h5-11,13,19-22H,2-4,12H2,1H3,(H,34,35)/t13-,19?,20?,21?,22?/m1/s1. The highest BCUT2D eigenvalue weighted by atomic mass is 19.4. The minimum atomic E-state index is -5.01. The summed E-state index contributed by atoms with van der Waals surface area (Å²) in [4.78, 5) is 13.1. The molecule has 2 aromatic rings. The van der Waals surface area contributed by atoms with Crippen LogP contribution in [0, 0.1) is 17.7 Å². The molecule has 196 valence electrons. The van der Waals surface area contributed by atoms with Gasteiger partial charge in [-0.05, 0) is 73.1 Å². The fourth-order valence-corrected chi connectivity index (χ4v) is 5.47. The van der Waals surface area contributed by atoms with Crippen molar-refractivity contribution in [2.24, 2.45) is 11.8 Å². The van der Waals surface area contributed by atoms with Gasteiger partial charge in [0.05, 0.1) is 17.2 Å². The second-order valence-electron chi connectivity index (χ2n) is 9.36. The van der Waals surface area contributed by atoms with Gasteiger partial charge in [-0.3, -0.25) is 4.90 Å². The first-order valence-corrected chi connectivity index (χ1v) is 11.5. The summed E-state index contributed by atoms with van der Waals surface area (Å²) in [6, 6.07) is 7.17. The summed E-state index contributed by atoms with van der Waals surface area (Å²) in [5.74, 6) is -0.996. The quantitative estimate of drug-likeness (QED) is 0.427. The Balaban J connectivity index is 1.64. The molecule has 36 heavy (non-hydrogen) atoms. The molecule has 0 spiro atoms. The fourth-order valence-electron chi connectivity index (χ4n) is 5.47. The SMILES string of the molecule is C[C@@H](OC1C2CCCC(c3ccc(F)cc3)C2CN1C(=O)O)c1cc(C(F)(F)F)cc(C(F)(F)F)c1. The van der Waals surface area contributed by atoms with E-state index in [9.17, 15) is 40.6 Å². The summed E-state index contributed by atoms with van der Waals surface area (Å²) >= 11 is 0. The maximum atomic E-state index is 13.4. The normalized spacial score (nSPS) is 25.5. The molecule has 2 fully saturated rings. The Hall–Kier alpha value is -2.82. The van der Waals surface area contributed by atoms with Crippen LogP contribution in [0.4, 0.5) is 35.5 Å². The maximum Gasteiger partial charge on any atom is 0.416 e. The van der Waals surface area contributed by atoms with Gasteiger partial charge in [-0.2, -0.15) is 26.3 Å². The molecule has 5 atom stereocenters. The van der Waals surface area contributed by atoms with Crippen LogP contribution >= 0.6 is 0 Å². The number of amides is 1. The van der Waals surface area contributed by atoms with E-state index >= 15 is 0 Å². The smallest absolute Gasteiger partial charge is 0.416 e. The fraction of sp³-hybridized carbons (Fsp3) is 0.480. The molecule has 1 amide bonds. The summed E-state index contributed by atoms with van der Waals surface area (Å²) in [6.45, 7) is 1.40. The number of nitrogens with zero attached hydrogens (tertiary/aromatic N) is 1. The van der Waals surface area contributed by atoms with Crippen LogP contribution in [0.15, 0.2) is 42.5 Å². The molecule has 2 aromatic carbocycles. The zero-order valence-corrected chi connectivity index (χ0v) is 19.1. The van der Waals surface area contributed by atoms with Crippen LogP contribution in [0.25, 0.3) is 0 Å². The first-order valence-electron chi connectivity index (χ1n) is 11.5. The number of fused-ring (bicyclic) bond motifs is 1. The van der Waals surface area contributed by atoms with Gasteiger partial charge >= 0.3 is 18.4 Å². The second-order valence-corrected chi connectivity index (χ2v) is 9.36. The van der Waals surface area contributed by atoms with E-state index in [4.69, 9.17) is 4.74 Å². The Bertz CT molecular complexity index is 1070. The topological polar surface area (TPSA) is 49.8 Å². The summed E-state index contributed by atoms with van der Waals surface area (Å²) in [7, 11) is 0. The minimum absolute atomic E-state index is 0.0415. The third kappa shape index (κ3) is 5.30. The lowest BCUT2D eigenvalue weighted by atomic mass is 9.70. The van der Waals surface area contributed by atoms with Gasteiger partial charge in [0.2, 0.25) is 0 Å². The molecule has 0 bridgehead atoms. The molecular weight excluding hydrogens is 495 g/mol. The van der Waals surface area contributed by atoms with E-state index in [1.807, 2.05) is 0 Å². The molecule has 2 aliphatic rings. The van der Waals surface area contributed by atoms with Crippen LogP contribution in [0.1, 0.15) is 60.5 Å². The minimum Gasteiger partial charge on any atom is -0.465 e. The maximum absolute atomic E-state index is 13.4. The van der Waals surface area contributed by atoms with Gasteiger partial charge in [0.1, 0.15) is 12.0 Å². The van der Waals surface area contributed by atoms with Gasteiger partial charge in [0.15, 0.2) is 0 Å². The highest BCUT2D eigenvalue weighted by molar-refractivity contribution is 5.66. The Labute approximate surface area is 202 Å². The van der Waals surface area contributed by atoms with Crippen molar-refractivity contribution in [3.05, 3.63) is 70.5 Å². The average Bonchev–Trinajstić information content (AvgIpc) is 3.17. The summed E-state index contributed by atoms with van der Waals surface area (Å²) in [6.07, 6.45) is -11.6. The van der Waals surface area contributed by atoms with E-state index in [0.29, 0.717) is 25.0 Å². The summed E-state index contributed by atoms with van der Waals surface area (Å²) in [5, 5.41) is 9.81. The van der Waals surface area contributed by atoms with Crippen LogP contribution in [0.2, 0.25) is 0 Å². The molecule has 1 saturated heterocycles. The Morgan fingerprint density at radius 1 is 0.972 bits per heavy atom. The lowest BCUT2D eigenvalue weighted by molar-refractivity contribution is -0.143. The average molecular weight is 519 g/mol. The number of alkyl halides is 6.